The standard InChI is InChI=1S/C18H20FN5O2/c1-24-7-6-20-17(24)16-12(3-2-8-26-16)18(25)21-10-15-22-13-5-4-11(19)9-14(13)23-15/h4-7,9,12,16H,2-3,8,10H2,1H3,(H,21,25)(H,22,23)/t12-,16-/m1/s1. The van der Waals surface area contributed by atoms with E-state index in [-0.39, 0.29) is 30.3 Å². The maximum absolute atomic E-state index is 13.3. The molecule has 0 radical (unpaired) electrons. The number of imidazole rings is 2. The van der Waals surface area contributed by atoms with Crippen LogP contribution < -0.4 is 5.32 Å². The molecular formula is C18H20FN5O2. The first-order valence-electron chi connectivity index (χ1n) is 8.62. The van der Waals surface area contributed by atoms with Crippen molar-refractivity contribution in [2.75, 3.05) is 6.61 Å². The van der Waals surface area contributed by atoms with Gasteiger partial charge in [-0.05, 0) is 31.0 Å². The third-order valence-electron chi connectivity index (χ3n) is 4.70. The zero-order valence-electron chi connectivity index (χ0n) is 14.4. The van der Waals surface area contributed by atoms with Crippen LogP contribution in [0.4, 0.5) is 4.39 Å². The predicted molar refractivity (Wildman–Crippen MR) is 92.5 cm³/mol. The Kier molecular flexibility index (Phi) is 4.42. The quantitative estimate of drug-likeness (QED) is 0.750. The summed E-state index contributed by atoms with van der Waals surface area (Å²) in [5, 5.41) is 2.91. The summed E-state index contributed by atoms with van der Waals surface area (Å²) in [4.78, 5) is 24.5. The molecule has 2 N–H and O–H groups in total. The van der Waals surface area contributed by atoms with E-state index in [2.05, 4.69) is 20.3 Å². The number of benzene rings is 1. The van der Waals surface area contributed by atoms with Crippen LogP contribution in [-0.4, -0.2) is 32.0 Å². The third kappa shape index (κ3) is 3.20. The van der Waals surface area contributed by atoms with Crippen LogP contribution >= 0.6 is 0 Å². The lowest BCUT2D eigenvalue weighted by atomic mass is 9.92. The molecule has 0 unspecified atom stereocenters. The zero-order chi connectivity index (χ0) is 18.1. The molecule has 4 rings (SSSR count). The number of H-pyrrole nitrogens is 1. The van der Waals surface area contributed by atoms with Crippen LogP contribution in [0.5, 0.6) is 0 Å². The Balaban J connectivity index is 1.46. The summed E-state index contributed by atoms with van der Waals surface area (Å²) in [6.45, 7) is 0.870. The molecule has 0 aliphatic carbocycles. The van der Waals surface area contributed by atoms with Crippen molar-refractivity contribution in [3.05, 3.63) is 48.1 Å². The molecule has 136 valence electrons. The second-order valence-corrected chi connectivity index (χ2v) is 6.50. The number of hydrogen-bond acceptors (Lipinski definition) is 4. The predicted octanol–water partition coefficient (Wildman–Crippen LogP) is 2.22. The smallest absolute Gasteiger partial charge is 0.226 e. The summed E-state index contributed by atoms with van der Waals surface area (Å²) in [5.41, 5.74) is 1.28. The molecule has 7 nitrogen and oxygen atoms in total. The molecule has 1 fully saturated rings. The zero-order valence-corrected chi connectivity index (χ0v) is 14.4. The van der Waals surface area contributed by atoms with E-state index in [0.717, 1.165) is 18.7 Å². The Morgan fingerprint density at radius 1 is 1.50 bits per heavy atom. The molecule has 2 atom stereocenters. The number of aryl methyl sites for hydroxylation is 1. The average molecular weight is 357 g/mol. The van der Waals surface area contributed by atoms with Gasteiger partial charge in [0.25, 0.3) is 0 Å². The van der Waals surface area contributed by atoms with Crippen LogP contribution in [0.15, 0.2) is 30.6 Å². The van der Waals surface area contributed by atoms with Gasteiger partial charge in [-0.3, -0.25) is 4.79 Å². The van der Waals surface area contributed by atoms with E-state index in [0.29, 0.717) is 23.5 Å². The summed E-state index contributed by atoms with van der Waals surface area (Å²) in [5.74, 6) is 0.623. The lowest BCUT2D eigenvalue weighted by Gasteiger charge is -2.30. The molecule has 8 heteroatoms. The topological polar surface area (TPSA) is 84.8 Å². The van der Waals surface area contributed by atoms with Crippen LogP contribution in [0.2, 0.25) is 0 Å². The first-order chi connectivity index (χ1) is 12.6. The highest BCUT2D eigenvalue weighted by Crippen LogP contribution is 2.32. The molecule has 1 aliphatic heterocycles. The first-order valence-corrected chi connectivity index (χ1v) is 8.62. The van der Waals surface area contributed by atoms with Crippen molar-refractivity contribution in [1.82, 2.24) is 24.8 Å². The lowest BCUT2D eigenvalue weighted by Crippen LogP contribution is -2.38. The number of rotatable bonds is 4. The number of carbonyl (C=O) groups is 1. The number of aromatic amines is 1. The summed E-state index contributed by atoms with van der Waals surface area (Å²) in [6.07, 6.45) is 4.77. The van der Waals surface area contributed by atoms with Crippen molar-refractivity contribution in [3.8, 4) is 0 Å². The normalized spacial score (nSPS) is 20.4. The van der Waals surface area contributed by atoms with Crippen molar-refractivity contribution in [2.45, 2.75) is 25.5 Å². The van der Waals surface area contributed by atoms with Gasteiger partial charge < -0.3 is 19.6 Å². The Morgan fingerprint density at radius 2 is 2.38 bits per heavy atom. The molecule has 0 spiro atoms. The largest absolute Gasteiger partial charge is 0.369 e. The lowest BCUT2D eigenvalue weighted by molar-refractivity contribution is -0.135. The van der Waals surface area contributed by atoms with Crippen molar-refractivity contribution < 1.29 is 13.9 Å². The minimum atomic E-state index is -0.353. The van der Waals surface area contributed by atoms with E-state index < -0.39 is 0 Å². The molecule has 1 aliphatic rings. The van der Waals surface area contributed by atoms with E-state index in [1.807, 2.05) is 17.8 Å². The van der Waals surface area contributed by atoms with E-state index in [1.165, 1.54) is 12.1 Å². The van der Waals surface area contributed by atoms with E-state index >= 15 is 0 Å². The molecule has 2 aromatic heterocycles. The number of nitrogens with one attached hydrogen (secondary N) is 2. The Bertz CT molecular complexity index is 935. The van der Waals surface area contributed by atoms with Crippen molar-refractivity contribution in [3.63, 3.8) is 0 Å². The van der Waals surface area contributed by atoms with Crippen molar-refractivity contribution in [2.24, 2.45) is 13.0 Å². The summed E-state index contributed by atoms with van der Waals surface area (Å²) in [7, 11) is 1.89. The number of carbonyl (C=O) groups excluding carboxylic acids is 1. The number of amides is 1. The van der Waals surface area contributed by atoms with E-state index in [9.17, 15) is 9.18 Å². The van der Waals surface area contributed by atoms with Gasteiger partial charge in [-0.15, -0.1) is 0 Å². The van der Waals surface area contributed by atoms with Gasteiger partial charge in [-0.2, -0.15) is 0 Å². The van der Waals surface area contributed by atoms with Gasteiger partial charge in [-0.25, -0.2) is 14.4 Å². The summed E-state index contributed by atoms with van der Waals surface area (Å²) in [6, 6.07) is 4.36. The molecule has 26 heavy (non-hydrogen) atoms. The number of ether oxygens (including phenoxy) is 1. The maximum Gasteiger partial charge on any atom is 0.226 e. The molecule has 1 amide bonds. The van der Waals surface area contributed by atoms with Crippen LogP contribution in [0.3, 0.4) is 0 Å². The van der Waals surface area contributed by atoms with Gasteiger partial charge in [-0.1, -0.05) is 0 Å². The number of aromatic nitrogens is 4. The first kappa shape index (κ1) is 16.7. The van der Waals surface area contributed by atoms with Crippen LogP contribution in [0.1, 0.15) is 30.6 Å². The van der Waals surface area contributed by atoms with Gasteiger partial charge in [0, 0.05) is 26.0 Å². The fraction of sp³-hybridized carbons (Fsp3) is 0.389. The molecule has 3 heterocycles. The molecule has 0 saturated carbocycles. The Morgan fingerprint density at radius 3 is 3.19 bits per heavy atom. The monoisotopic (exact) mass is 357 g/mol. The molecule has 1 aromatic carbocycles. The van der Waals surface area contributed by atoms with E-state index in [1.54, 1.807) is 12.3 Å². The SMILES string of the molecule is Cn1ccnc1[C@@H]1OCCC[C@H]1C(=O)NCc1nc2ccc(F)cc2[nH]1. The number of fused-ring (bicyclic) bond motifs is 1. The Labute approximate surface area is 149 Å². The van der Waals surface area contributed by atoms with Crippen LogP contribution in [-0.2, 0) is 23.1 Å². The maximum atomic E-state index is 13.3. The van der Waals surface area contributed by atoms with Gasteiger partial charge in [0.05, 0.1) is 23.5 Å². The second-order valence-electron chi connectivity index (χ2n) is 6.50. The minimum Gasteiger partial charge on any atom is -0.369 e. The van der Waals surface area contributed by atoms with Gasteiger partial charge in [0.1, 0.15) is 23.6 Å². The highest BCUT2D eigenvalue weighted by atomic mass is 19.1. The van der Waals surface area contributed by atoms with Gasteiger partial charge in [0.15, 0.2) is 0 Å². The number of nitrogens with zero attached hydrogens (tertiary/aromatic N) is 3. The van der Waals surface area contributed by atoms with Crippen LogP contribution in [0, 0.1) is 11.7 Å². The number of hydrogen-bond donors (Lipinski definition) is 2. The molecule has 0 bridgehead atoms. The van der Waals surface area contributed by atoms with Crippen molar-refractivity contribution in [1.29, 1.82) is 0 Å². The van der Waals surface area contributed by atoms with Crippen LogP contribution in [0.25, 0.3) is 11.0 Å². The highest BCUT2D eigenvalue weighted by molar-refractivity contribution is 5.79. The second kappa shape index (κ2) is 6.87. The van der Waals surface area contributed by atoms with E-state index in [4.69, 9.17) is 4.74 Å². The summed E-state index contributed by atoms with van der Waals surface area (Å²) >= 11 is 0. The highest BCUT2D eigenvalue weighted by Gasteiger charge is 2.35. The summed E-state index contributed by atoms with van der Waals surface area (Å²) < 4.78 is 21.0. The molecule has 1 saturated heterocycles. The fourth-order valence-corrected chi connectivity index (χ4v) is 3.38. The van der Waals surface area contributed by atoms with Crippen molar-refractivity contribution >= 4 is 16.9 Å². The third-order valence-corrected chi connectivity index (χ3v) is 4.70. The number of halogens is 1. The fourth-order valence-electron chi connectivity index (χ4n) is 3.38. The Hall–Kier alpha value is -2.74. The average Bonchev–Trinajstić information content (AvgIpc) is 3.25. The molecule has 3 aromatic rings. The molecular weight excluding hydrogens is 337 g/mol. The van der Waals surface area contributed by atoms with Gasteiger partial charge in [0.2, 0.25) is 5.91 Å². The van der Waals surface area contributed by atoms with Gasteiger partial charge >= 0.3 is 0 Å². The minimum absolute atomic E-state index is 0.0932.